The van der Waals surface area contributed by atoms with E-state index in [1.807, 2.05) is 0 Å². The Hall–Kier alpha value is -1.98. The second kappa shape index (κ2) is 4.50. The van der Waals surface area contributed by atoms with Crippen molar-refractivity contribution in [3.05, 3.63) is 35.4 Å². The first kappa shape index (κ1) is 11.1. The van der Waals surface area contributed by atoms with Gasteiger partial charge in [-0.1, -0.05) is 6.07 Å². The van der Waals surface area contributed by atoms with E-state index in [0.717, 1.165) is 6.07 Å². The highest BCUT2D eigenvalue weighted by atomic mass is 19.2. The van der Waals surface area contributed by atoms with Gasteiger partial charge in [0.15, 0.2) is 11.6 Å². The van der Waals surface area contributed by atoms with Crippen LogP contribution in [0.3, 0.4) is 0 Å². The molecule has 0 atom stereocenters. The number of nitrogens with two attached hydrogens (primary N) is 2. The summed E-state index contributed by atoms with van der Waals surface area (Å²) in [6.45, 7) is 1.48. The summed E-state index contributed by atoms with van der Waals surface area (Å²) in [7, 11) is 0. The van der Waals surface area contributed by atoms with E-state index in [1.165, 1.54) is 19.1 Å². The third-order valence-corrected chi connectivity index (χ3v) is 1.66. The van der Waals surface area contributed by atoms with Crippen LogP contribution in [0.5, 0.6) is 0 Å². The lowest BCUT2D eigenvalue weighted by Gasteiger charge is -2.01. The zero-order valence-electron chi connectivity index (χ0n) is 8.04. The van der Waals surface area contributed by atoms with Crippen LogP contribution in [-0.2, 0) is 0 Å². The average Bonchev–Trinajstić information content (AvgIpc) is 2.18. The van der Waals surface area contributed by atoms with Crippen molar-refractivity contribution in [1.29, 1.82) is 0 Å². The van der Waals surface area contributed by atoms with Gasteiger partial charge < -0.3 is 11.5 Å². The lowest BCUT2D eigenvalue weighted by molar-refractivity contribution is 0.507. The predicted octanol–water partition coefficient (Wildman–Crippen LogP) is 0.962. The Labute approximate surface area is 85.3 Å². The molecule has 0 bridgehead atoms. The number of halogens is 2. The minimum Gasteiger partial charge on any atom is -0.369 e. The van der Waals surface area contributed by atoms with Crippen molar-refractivity contribution in [3.63, 3.8) is 0 Å². The van der Waals surface area contributed by atoms with E-state index in [1.54, 1.807) is 0 Å². The molecule has 1 aromatic rings. The Bertz CT molecular complexity index is 422. The van der Waals surface area contributed by atoms with Crippen LogP contribution in [0, 0.1) is 11.6 Å². The lowest BCUT2D eigenvalue weighted by Crippen LogP contribution is -2.22. The average molecular weight is 212 g/mol. The van der Waals surface area contributed by atoms with Crippen LogP contribution in [0.25, 0.3) is 0 Å². The maximum absolute atomic E-state index is 13.2. The minimum absolute atomic E-state index is 0.0278. The van der Waals surface area contributed by atoms with Crippen LogP contribution < -0.4 is 11.5 Å². The van der Waals surface area contributed by atoms with Crippen molar-refractivity contribution < 1.29 is 8.78 Å². The van der Waals surface area contributed by atoms with Gasteiger partial charge in [0.25, 0.3) is 0 Å². The maximum Gasteiger partial charge on any atom is 0.211 e. The number of benzene rings is 1. The molecule has 80 valence electrons. The number of guanidine groups is 1. The molecule has 4 nitrogen and oxygen atoms in total. The summed E-state index contributed by atoms with van der Waals surface area (Å²) >= 11 is 0. The summed E-state index contributed by atoms with van der Waals surface area (Å²) < 4.78 is 26.0. The standard InChI is InChI=1S/C9H10F2N4/c1-5(14-15-9(12)13)6-3-2-4-7(10)8(6)11/h2-4H,1H3,(H4,12,13,15)/b14-5-. The van der Waals surface area contributed by atoms with E-state index in [4.69, 9.17) is 11.5 Å². The first-order chi connectivity index (χ1) is 7.02. The fourth-order valence-corrected chi connectivity index (χ4v) is 0.970. The summed E-state index contributed by atoms with van der Waals surface area (Å²) in [4.78, 5) is 0. The number of hydrogen-bond donors (Lipinski definition) is 2. The van der Waals surface area contributed by atoms with E-state index in [-0.39, 0.29) is 17.2 Å². The SMILES string of the molecule is C/C(=N/N=C(N)N)c1cccc(F)c1F. The highest BCUT2D eigenvalue weighted by Crippen LogP contribution is 2.12. The first-order valence-corrected chi connectivity index (χ1v) is 4.10. The topological polar surface area (TPSA) is 76.8 Å². The fourth-order valence-electron chi connectivity index (χ4n) is 0.970. The molecule has 0 spiro atoms. The summed E-state index contributed by atoms with van der Waals surface area (Å²) in [5.74, 6) is -2.15. The third-order valence-electron chi connectivity index (χ3n) is 1.66. The van der Waals surface area contributed by atoms with Crippen molar-refractivity contribution in [2.45, 2.75) is 6.92 Å². The van der Waals surface area contributed by atoms with E-state index in [9.17, 15) is 8.78 Å². The van der Waals surface area contributed by atoms with Gasteiger partial charge in [-0.2, -0.15) is 5.10 Å². The first-order valence-electron chi connectivity index (χ1n) is 4.10. The molecule has 0 saturated carbocycles. The van der Waals surface area contributed by atoms with Crippen LogP contribution in [-0.4, -0.2) is 11.7 Å². The molecule has 0 amide bonds. The molecule has 0 unspecified atom stereocenters. The van der Waals surface area contributed by atoms with Gasteiger partial charge in [0, 0.05) is 5.56 Å². The van der Waals surface area contributed by atoms with E-state index < -0.39 is 11.6 Å². The highest BCUT2D eigenvalue weighted by molar-refractivity contribution is 5.99. The van der Waals surface area contributed by atoms with Gasteiger partial charge in [-0.3, -0.25) is 0 Å². The van der Waals surface area contributed by atoms with Crippen LogP contribution >= 0.6 is 0 Å². The summed E-state index contributed by atoms with van der Waals surface area (Å²) in [6, 6.07) is 3.79. The van der Waals surface area contributed by atoms with Crippen molar-refractivity contribution in [2.75, 3.05) is 0 Å². The van der Waals surface area contributed by atoms with E-state index >= 15 is 0 Å². The Morgan fingerprint density at radius 2 is 1.87 bits per heavy atom. The molecule has 15 heavy (non-hydrogen) atoms. The Morgan fingerprint density at radius 3 is 2.47 bits per heavy atom. The second-order valence-corrected chi connectivity index (χ2v) is 2.81. The van der Waals surface area contributed by atoms with Crippen LogP contribution in [0.1, 0.15) is 12.5 Å². The fraction of sp³-hybridized carbons (Fsp3) is 0.111. The van der Waals surface area contributed by atoms with Crippen molar-refractivity contribution >= 4 is 11.7 Å². The van der Waals surface area contributed by atoms with Crippen LogP contribution in [0.2, 0.25) is 0 Å². The molecule has 0 aromatic heterocycles. The molecular weight excluding hydrogens is 202 g/mol. The normalized spacial score (nSPS) is 11.3. The van der Waals surface area contributed by atoms with Gasteiger partial charge in [0.1, 0.15) is 0 Å². The van der Waals surface area contributed by atoms with Crippen LogP contribution in [0.4, 0.5) is 8.78 Å². The maximum atomic E-state index is 13.2. The van der Waals surface area contributed by atoms with Crippen molar-refractivity contribution in [3.8, 4) is 0 Å². The number of rotatable bonds is 2. The van der Waals surface area contributed by atoms with Crippen molar-refractivity contribution in [1.82, 2.24) is 0 Å². The van der Waals surface area contributed by atoms with Gasteiger partial charge in [0.2, 0.25) is 5.96 Å². The Kier molecular flexibility index (Phi) is 3.33. The summed E-state index contributed by atoms with van der Waals surface area (Å²) in [6.07, 6.45) is 0. The molecule has 1 rings (SSSR count). The van der Waals surface area contributed by atoms with Crippen molar-refractivity contribution in [2.24, 2.45) is 21.7 Å². The molecule has 0 saturated heterocycles. The van der Waals surface area contributed by atoms with E-state index in [2.05, 4.69) is 10.2 Å². The second-order valence-electron chi connectivity index (χ2n) is 2.81. The van der Waals surface area contributed by atoms with E-state index in [0.29, 0.717) is 0 Å². The summed E-state index contributed by atoms with van der Waals surface area (Å²) in [5.41, 5.74) is 10.3. The molecule has 0 aliphatic carbocycles. The highest BCUT2D eigenvalue weighted by Gasteiger charge is 2.09. The quantitative estimate of drug-likeness (QED) is 0.435. The third kappa shape index (κ3) is 2.73. The molecule has 0 aliphatic heterocycles. The number of hydrogen-bond acceptors (Lipinski definition) is 2. The zero-order chi connectivity index (χ0) is 11.4. The number of nitrogens with zero attached hydrogens (tertiary/aromatic N) is 2. The van der Waals surface area contributed by atoms with Gasteiger partial charge in [-0.15, -0.1) is 5.10 Å². The summed E-state index contributed by atoms with van der Waals surface area (Å²) in [5, 5.41) is 6.89. The monoisotopic (exact) mass is 212 g/mol. The van der Waals surface area contributed by atoms with Gasteiger partial charge in [-0.05, 0) is 19.1 Å². The molecule has 6 heteroatoms. The molecular formula is C9H10F2N4. The lowest BCUT2D eigenvalue weighted by atomic mass is 10.1. The van der Waals surface area contributed by atoms with Gasteiger partial charge in [0.05, 0.1) is 5.71 Å². The Balaban J connectivity index is 3.12. The predicted molar refractivity (Wildman–Crippen MR) is 54.4 cm³/mol. The smallest absolute Gasteiger partial charge is 0.211 e. The van der Waals surface area contributed by atoms with Gasteiger partial charge in [-0.25, -0.2) is 8.78 Å². The van der Waals surface area contributed by atoms with Crippen LogP contribution in [0.15, 0.2) is 28.4 Å². The molecule has 0 aliphatic rings. The van der Waals surface area contributed by atoms with Gasteiger partial charge >= 0.3 is 0 Å². The Morgan fingerprint density at radius 1 is 1.20 bits per heavy atom. The molecule has 0 fully saturated rings. The largest absolute Gasteiger partial charge is 0.369 e. The molecule has 0 radical (unpaired) electrons. The minimum atomic E-state index is -0.968. The molecule has 4 N–H and O–H groups in total. The molecule has 0 heterocycles. The zero-order valence-corrected chi connectivity index (χ0v) is 8.04. The molecule has 1 aromatic carbocycles.